The number of nitrogens with one attached hydrogen (secondary N) is 1. The van der Waals surface area contributed by atoms with E-state index in [4.69, 9.17) is 4.42 Å². The monoisotopic (exact) mass is 461 g/mol. The third-order valence-corrected chi connectivity index (χ3v) is 6.81. The largest absolute Gasteiger partial charge is 0.454 e. The van der Waals surface area contributed by atoms with Crippen LogP contribution in [0.25, 0.3) is 55.0 Å². The van der Waals surface area contributed by atoms with Crippen molar-refractivity contribution < 1.29 is 4.42 Å². The summed E-state index contributed by atoms with van der Waals surface area (Å²) >= 11 is 0. The lowest BCUT2D eigenvalue weighted by Crippen LogP contribution is -1.92. The number of rotatable bonds is 4. The Kier molecular flexibility index (Phi) is 4.82. The molecule has 0 spiro atoms. The molecular formula is C34H23NO. The predicted octanol–water partition coefficient (Wildman–Crippen LogP) is 9.82. The number of para-hydroxylation sites is 1. The third-order valence-electron chi connectivity index (χ3n) is 6.81. The van der Waals surface area contributed by atoms with Crippen molar-refractivity contribution in [3.8, 4) is 22.3 Å². The van der Waals surface area contributed by atoms with Crippen LogP contribution in [0, 0.1) is 0 Å². The summed E-state index contributed by atoms with van der Waals surface area (Å²) in [6, 6.07) is 46.7. The van der Waals surface area contributed by atoms with Crippen molar-refractivity contribution in [3.63, 3.8) is 0 Å². The molecule has 7 aromatic rings. The van der Waals surface area contributed by atoms with E-state index in [-0.39, 0.29) is 0 Å². The fraction of sp³-hybridized carbons (Fsp3) is 0. The zero-order valence-electron chi connectivity index (χ0n) is 19.6. The van der Waals surface area contributed by atoms with Crippen molar-refractivity contribution in [2.75, 3.05) is 5.32 Å². The molecule has 7 rings (SSSR count). The van der Waals surface area contributed by atoms with Crippen LogP contribution in [0.2, 0.25) is 0 Å². The average molecular weight is 462 g/mol. The lowest BCUT2D eigenvalue weighted by molar-refractivity contribution is 0.670. The van der Waals surface area contributed by atoms with Crippen LogP contribution in [0.4, 0.5) is 11.4 Å². The zero-order chi connectivity index (χ0) is 23.9. The lowest BCUT2D eigenvalue weighted by atomic mass is 9.99. The summed E-state index contributed by atoms with van der Waals surface area (Å²) in [7, 11) is 0. The van der Waals surface area contributed by atoms with Crippen LogP contribution in [-0.2, 0) is 0 Å². The summed E-state index contributed by atoms with van der Waals surface area (Å²) in [6.07, 6.45) is 0. The maximum Gasteiger partial charge on any atom is 0.159 e. The molecule has 0 aliphatic carbocycles. The second-order valence-electron chi connectivity index (χ2n) is 9.10. The van der Waals surface area contributed by atoms with Crippen molar-refractivity contribution in [1.82, 2.24) is 0 Å². The summed E-state index contributed by atoms with van der Waals surface area (Å²) in [5.41, 5.74) is 8.56. The van der Waals surface area contributed by atoms with Crippen LogP contribution in [-0.4, -0.2) is 0 Å². The highest BCUT2D eigenvalue weighted by molar-refractivity contribution is 6.22. The molecule has 0 fully saturated rings. The van der Waals surface area contributed by atoms with E-state index in [1.165, 1.54) is 33.0 Å². The lowest BCUT2D eigenvalue weighted by Gasteiger charge is -2.12. The van der Waals surface area contributed by atoms with Gasteiger partial charge in [-0.25, -0.2) is 0 Å². The van der Waals surface area contributed by atoms with Gasteiger partial charge in [-0.05, 0) is 63.4 Å². The van der Waals surface area contributed by atoms with E-state index < -0.39 is 0 Å². The SMILES string of the molecule is c1ccc(-c2cccc(-c3cccc(Nc4cc5ccccc5c5c4oc4ccccc45)c3)c2)cc1. The number of furan rings is 1. The standard InChI is InChI=1S/C34H23NO/c1-2-10-23(11-3-1)24-13-8-14-25(20-24)26-15-9-16-28(21-26)35-31-22-27-12-4-5-17-29(27)33-30-18-6-7-19-32(30)36-34(31)33/h1-22,35H. The number of anilines is 2. The minimum Gasteiger partial charge on any atom is -0.454 e. The van der Waals surface area contributed by atoms with Crippen LogP contribution in [0.1, 0.15) is 0 Å². The molecule has 1 heterocycles. The normalized spacial score (nSPS) is 11.3. The van der Waals surface area contributed by atoms with Gasteiger partial charge in [-0.2, -0.15) is 0 Å². The Morgan fingerprint density at radius 2 is 1.11 bits per heavy atom. The molecule has 6 aromatic carbocycles. The third kappa shape index (κ3) is 3.52. The Labute approximate surface area is 209 Å². The first-order valence-electron chi connectivity index (χ1n) is 12.2. The van der Waals surface area contributed by atoms with Crippen LogP contribution >= 0.6 is 0 Å². The van der Waals surface area contributed by atoms with Gasteiger partial charge < -0.3 is 9.73 Å². The molecule has 0 radical (unpaired) electrons. The molecule has 0 saturated carbocycles. The first-order valence-corrected chi connectivity index (χ1v) is 12.2. The number of hydrogen-bond donors (Lipinski definition) is 1. The molecule has 0 aliphatic rings. The Morgan fingerprint density at radius 3 is 1.97 bits per heavy atom. The second-order valence-corrected chi connectivity index (χ2v) is 9.10. The molecule has 0 bridgehead atoms. The molecule has 0 amide bonds. The van der Waals surface area contributed by atoms with Gasteiger partial charge in [-0.15, -0.1) is 0 Å². The van der Waals surface area contributed by atoms with Crippen molar-refractivity contribution in [2.45, 2.75) is 0 Å². The van der Waals surface area contributed by atoms with Gasteiger partial charge in [0.1, 0.15) is 5.58 Å². The van der Waals surface area contributed by atoms with E-state index in [0.29, 0.717) is 0 Å². The molecule has 1 aromatic heterocycles. The molecule has 0 atom stereocenters. The molecule has 0 saturated heterocycles. The van der Waals surface area contributed by atoms with Gasteiger partial charge in [0.25, 0.3) is 0 Å². The summed E-state index contributed by atoms with van der Waals surface area (Å²) in [6.45, 7) is 0. The minimum atomic E-state index is 0.881. The summed E-state index contributed by atoms with van der Waals surface area (Å²) < 4.78 is 6.38. The summed E-state index contributed by atoms with van der Waals surface area (Å²) in [5, 5.41) is 8.34. The van der Waals surface area contributed by atoms with E-state index in [9.17, 15) is 0 Å². The van der Waals surface area contributed by atoms with E-state index in [2.05, 4.69) is 121 Å². The van der Waals surface area contributed by atoms with Gasteiger partial charge in [0.2, 0.25) is 0 Å². The second kappa shape index (κ2) is 8.44. The topological polar surface area (TPSA) is 25.2 Å². The fourth-order valence-corrected chi connectivity index (χ4v) is 5.11. The number of fused-ring (bicyclic) bond motifs is 5. The molecule has 0 aliphatic heterocycles. The highest BCUT2D eigenvalue weighted by atomic mass is 16.3. The van der Waals surface area contributed by atoms with Crippen LogP contribution < -0.4 is 5.32 Å². The molecule has 2 nitrogen and oxygen atoms in total. The highest BCUT2D eigenvalue weighted by Crippen LogP contribution is 2.40. The van der Waals surface area contributed by atoms with E-state index in [1.54, 1.807) is 0 Å². The number of hydrogen-bond acceptors (Lipinski definition) is 2. The smallest absolute Gasteiger partial charge is 0.159 e. The maximum atomic E-state index is 6.38. The van der Waals surface area contributed by atoms with Crippen LogP contribution in [0.5, 0.6) is 0 Å². The molecule has 2 heteroatoms. The van der Waals surface area contributed by atoms with Gasteiger partial charge in [0.15, 0.2) is 5.58 Å². The first kappa shape index (κ1) is 20.5. The highest BCUT2D eigenvalue weighted by Gasteiger charge is 2.15. The number of benzene rings is 6. The Bertz CT molecular complexity index is 1860. The first-order chi connectivity index (χ1) is 17.8. The van der Waals surface area contributed by atoms with Crippen molar-refractivity contribution in [2.24, 2.45) is 0 Å². The summed E-state index contributed by atoms with van der Waals surface area (Å²) in [4.78, 5) is 0. The fourth-order valence-electron chi connectivity index (χ4n) is 5.11. The molecule has 36 heavy (non-hydrogen) atoms. The zero-order valence-corrected chi connectivity index (χ0v) is 19.6. The average Bonchev–Trinajstić information content (AvgIpc) is 3.34. The van der Waals surface area contributed by atoms with Gasteiger partial charge in [0.05, 0.1) is 5.69 Å². The minimum absolute atomic E-state index is 0.881. The Balaban J connectivity index is 1.33. The van der Waals surface area contributed by atoms with E-state index in [0.717, 1.165) is 33.3 Å². The van der Waals surface area contributed by atoms with Crippen molar-refractivity contribution >= 4 is 44.1 Å². The summed E-state index contributed by atoms with van der Waals surface area (Å²) in [5.74, 6) is 0. The molecule has 0 unspecified atom stereocenters. The predicted molar refractivity (Wildman–Crippen MR) is 152 cm³/mol. The quantitative estimate of drug-likeness (QED) is 0.282. The van der Waals surface area contributed by atoms with Gasteiger partial charge >= 0.3 is 0 Å². The Hall–Kier alpha value is -4.82. The molecule has 170 valence electrons. The van der Waals surface area contributed by atoms with Crippen LogP contribution in [0.15, 0.2) is 138 Å². The van der Waals surface area contributed by atoms with Crippen molar-refractivity contribution in [1.29, 1.82) is 0 Å². The maximum absolute atomic E-state index is 6.38. The van der Waals surface area contributed by atoms with Gasteiger partial charge in [-0.1, -0.05) is 103 Å². The molecule has 1 N–H and O–H groups in total. The van der Waals surface area contributed by atoms with Gasteiger partial charge in [-0.3, -0.25) is 0 Å². The van der Waals surface area contributed by atoms with E-state index in [1.807, 2.05) is 18.2 Å². The van der Waals surface area contributed by atoms with Crippen molar-refractivity contribution in [3.05, 3.63) is 133 Å². The van der Waals surface area contributed by atoms with E-state index >= 15 is 0 Å². The van der Waals surface area contributed by atoms with Gasteiger partial charge in [0, 0.05) is 16.5 Å². The van der Waals surface area contributed by atoms with Crippen LogP contribution in [0.3, 0.4) is 0 Å². The molecular weight excluding hydrogens is 438 g/mol. The Morgan fingerprint density at radius 1 is 0.472 bits per heavy atom.